The summed E-state index contributed by atoms with van der Waals surface area (Å²) >= 11 is 0. The third-order valence-electron chi connectivity index (χ3n) is 9.87. The van der Waals surface area contributed by atoms with Crippen LogP contribution in [-0.2, 0) is 5.41 Å². The van der Waals surface area contributed by atoms with Crippen molar-refractivity contribution in [2.24, 2.45) is 0 Å². The van der Waals surface area contributed by atoms with Gasteiger partial charge in [-0.1, -0.05) is 111 Å². The van der Waals surface area contributed by atoms with Crippen LogP contribution in [0.15, 0.2) is 143 Å². The summed E-state index contributed by atoms with van der Waals surface area (Å²) in [5.41, 5.74) is 6.07. The van der Waals surface area contributed by atoms with Crippen LogP contribution in [0.25, 0.3) is 49.2 Å². The lowest BCUT2D eigenvalue weighted by Gasteiger charge is -2.43. The Kier molecular flexibility index (Phi) is 5.55. The summed E-state index contributed by atoms with van der Waals surface area (Å²) < 4.78 is 0. The molecule has 9 rings (SSSR count). The summed E-state index contributed by atoms with van der Waals surface area (Å²) in [5.74, 6) is 0. The van der Waals surface area contributed by atoms with E-state index >= 15 is 0 Å². The Balaban J connectivity index is 1.29. The van der Waals surface area contributed by atoms with Gasteiger partial charge in [0.2, 0.25) is 0 Å². The first-order chi connectivity index (χ1) is 22.4. The molecule has 3 nitrogen and oxygen atoms in total. The van der Waals surface area contributed by atoms with Gasteiger partial charge in [-0.2, -0.15) is 0 Å². The van der Waals surface area contributed by atoms with Crippen LogP contribution < -0.4 is 21.0 Å². The molecule has 0 unspecified atom stereocenters. The summed E-state index contributed by atoms with van der Waals surface area (Å²) in [6.07, 6.45) is 1.77. The van der Waals surface area contributed by atoms with Gasteiger partial charge in [-0.25, -0.2) is 0 Å². The first-order valence-electron chi connectivity index (χ1n) is 15.7. The van der Waals surface area contributed by atoms with Crippen molar-refractivity contribution in [1.29, 1.82) is 0 Å². The van der Waals surface area contributed by atoms with Gasteiger partial charge in [-0.05, 0) is 86.1 Å². The number of rotatable bonds is 2. The second-order valence-corrected chi connectivity index (χ2v) is 12.9. The molecule has 0 radical (unpaired) electrons. The molecule has 8 aromatic rings. The summed E-state index contributed by atoms with van der Waals surface area (Å²) in [6, 6.07) is 45.8. The van der Waals surface area contributed by atoms with Crippen LogP contribution in [0.3, 0.4) is 0 Å². The van der Waals surface area contributed by atoms with E-state index in [2.05, 4.69) is 110 Å². The van der Waals surface area contributed by atoms with Gasteiger partial charge in [0, 0.05) is 27.3 Å². The average Bonchev–Trinajstić information content (AvgIpc) is 3.08. The van der Waals surface area contributed by atoms with E-state index in [-0.39, 0.29) is 21.5 Å². The first-order valence-corrected chi connectivity index (χ1v) is 15.7. The normalized spacial score (nSPS) is 13.7. The molecule has 1 aliphatic heterocycles. The van der Waals surface area contributed by atoms with Crippen LogP contribution in [0.4, 0.5) is 17.1 Å². The molecule has 0 saturated carbocycles. The highest BCUT2D eigenvalue weighted by Gasteiger charge is 2.38. The van der Waals surface area contributed by atoms with Gasteiger partial charge in [0.15, 0.2) is 10.9 Å². The van der Waals surface area contributed by atoms with E-state index < -0.39 is 0 Å². The molecule has 218 valence electrons. The van der Waals surface area contributed by atoms with Gasteiger partial charge >= 0.3 is 0 Å². The van der Waals surface area contributed by atoms with E-state index in [9.17, 15) is 9.59 Å². The molecule has 0 saturated heterocycles. The van der Waals surface area contributed by atoms with E-state index in [0.717, 1.165) is 38.5 Å². The van der Waals surface area contributed by atoms with Crippen molar-refractivity contribution in [2.45, 2.75) is 19.3 Å². The van der Waals surface area contributed by atoms with Gasteiger partial charge in [0.25, 0.3) is 0 Å². The van der Waals surface area contributed by atoms with Crippen molar-refractivity contribution in [3.63, 3.8) is 0 Å². The van der Waals surface area contributed by atoms with Crippen LogP contribution in [0, 0.1) is 0 Å². The highest BCUT2D eigenvalue weighted by molar-refractivity contribution is 6.10. The molecule has 8 aromatic carbocycles. The summed E-state index contributed by atoms with van der Waals surface area (Å²) in [4.78, 5) is 29.7. The van der Waals surface area contributed by atoms with Gasteiger partial charge in [0.1, 0.15) is 0 Å². The summed E-state index contributed by atoms with van der Waals surface area (Å²) in [5, 5.41) is 7.70. The minimum absolute atomic E-state index is 0.208. The molecule has 46 heavy (non-hydrogen) atoms. The molecule has 0 amide bonds. The third kappa shape index (κ3) is 3.72. The molecule has 0 aromatic heterocycles. The maximum atomic E-state index is 13.6. The number of benzene rings is 8. The van der Waals surface area contributed by atoms with Crippen molar-refractivity contribution in [2.75, 3.05) is 4.90 Å². The number of para-hydroxylation sites is 1. The zero-order valence-corrected chi connectivity index (χ0v) is 25.5. The van der Waals surface area contributed by atoms with Crippen LogP contribution in [-0.4, -0.2) is 0 Å². The first kappa shape index (κ1) is 26.6. The van der Waals surface area contributed by atoms with E-state index in [1.54, 1.807) is 6.08 Å². The molecule has 0 bridgehead atoms. The number of hydrogen-bond acceptors (Lipinski definition) is 3. The van der Waals surface area contributed by atoms with Crippen molar-refractivity contribution in [3.05, 3.63) is 176 Å². The largest absolute Gasteiger partial charge is 0.310 e. The van der Waals surface area contributed by atoms with Gasteiger partial charge in [-0.3, -0.25) is 9.59 Å². The zero-order chi connectivity index (χ0) is 31.2. The second-order valence-electron chi connectivity index (χ2n) is 12.9. The van der Waals surface area contributed by atoms with Crippen molar-refractivity contribution >= 4 is 66.2 Å². The third-order valence-corrected chi connectivity index (χ3v) is 9.87. The van der Waals surface area contributed by atoms with Crippen molar-refractivity contribution < 1.29 is 0 Å². The van der Waals surface area contributed by atoms with Gasteiger partial charge in [0.05, 0.1) is 16.6 Å². The summed E-state index contributed by atoms with van der Waals surface area (Å²) in [7, 11) is 0. The number of anilines is 3. The molecule has 0 N–H and O–H groups in total. The van der Waals surface area contributed by atoms with Crippen LogP contribution in [0.5, 0.6) is 0 Å². The predicted octanol–water partition coefficient (Wildman–Crippen LogP) is 9.11. The standard InChI is InChI=1S/C43H29NO2/c1-43(2)36-24-28-10-6-7-11-29(28)25-38(36)44(31-14-4-3-5-15-31)37-21-19-30-22-26(18-20-32(30)40(37)43)23-35-41(45)33-16-8-12-27-13-9-17-34(39(27)33)42(35)46/h3-25H,1-2H3. The Hall–Kier alpha value is -5.80. The molecular weight excluding hydrogens is 562 g/mol. The van der Waals surface area contributed by atoms with Crippen molar-refractivity contribution in [3.8, 4) is 0 Å². The number of fused-ring (bicyclic) bond motifs is 5. The SMILES string of the molecule is CC1(C)c2cc3ccccc3cc2N(c2ccccc2)c2ccc3cc(C=c4c(=O)c5cccc6cccc(c4=O)c65)ccc3c21. The quantitative estimate of drug-likeness (QED) is 0.201. The highest BCUT2D eigenvalue weighted by atomic mass is 16.1. The molecule has 0 spiro atoms. The molecule has 3 heteroatoms. The molecule has 1 heterocycles. The Labute approximate surface area is 265 Å². The average molecular weight is 592 g/mol. The van der Waals surface area contributed by atoms with Crippen LogP contribution >= 0.6 is 0 Å². The van der Waals surface area contributed by atoms with Crippen molar-refractivity contribution in [1.82, 2.24) is 0 Å². The van der Waals surface area contributed by atoms with Crippen LogP contribution in [0.2, 0.25) is 0 Å². The second kappa shape index (κ2) is 9.60. The Bertz CT molecular complexity index is 2650. The lowest BCUT2D eigenvalue weighted by atomic mass is 9.71. The Morgan fingerprint density at radius 1 is 0.543 bits per heavy atom. The molecule has 1 aliphatic rings. The van der Waals surface area contributed by atoms with E-state index in [4.69, 9.17) is 0 Å². The maximum absolute atomic E-state index is 13.6. The molecule has 0 atom stereocenters. The lowest BCUT2D eigenvalue weighted by molar-refractivity contribution is 0.639. The molecule has 0 fully saturated rings. The maximum Gasteiger partial charge on any atom is 0.197 e. The fourth-order valence-corrected chi connectivity index (χ4v) is 7.71. The fraction of sp³-hybridized carbons (Fsp3) is 0.0698. The Morgan fingerprint density at radius 3 is 1.91 bits per heavy atom. The summed E-state index contributed by atoms with van der Waals surface area (Å²) in [6.45, 7) is 4.63. The smallest absolute Gasteiger partial charge is 0.197 e. The van der Waals surface area contributed by atoms with E-state index in [0.29, 0.717) is 10.8 Å². The lowest BCUT2D eigenvalue weighted by Crippen LogP contribution is -2.38. The minimum Gasteiger partial charge on any atom is -0.310 e. The predicted molar refractivity (Wildman–Crippen MR) is 192 cm³/mol. The van der Waals surface area contributed by atoms with E-state index in [1.165, 1.54) is 27.6 Å². The fourth-order valence-electron chi connectivity index (χ4n) is 7.71. The van der Waals surface area contributed by atoms with Gasteiger partial charge in [-0.15, -0.1) is 0 Å². The molecular formula is C43H29NO2. The molecule has 0 aliphatic carbocycles. The number of nitrogens with zero attached hydrogens (tertiary/aromatic N) is 1. The highest BCUT2D eigenvalue weighted by Crippen LogP contribution is 2.54. The van der Waals surface area contributed by atoms with Crippen LogP contribution in [0.1, 0.15) is 30.5 Å². The van der Waals surface area contributed by atoms with Gasteiger partial charge < -0.3 is 4.90 Å². The minimum atomic E-state index is -0.294. The monoisotopic (exact) mass is 591 g/mol. The number of hydrogen-bond donors (Lipinski definition) is 0. The Morgan fingerprint density at radius 2 is 1.20 bits per heavy atom. The topological polar surface area (TPSA) is 37.4 Å². The zero-order valence-electron chi connectivity index (χ0n) is 25.5. The van der Waals surface area contributed by atoms with E-state index in [1.807, 2.05) is 42.5 Å².